The van der Waals surface area contributed by atoms with E-state index in [1.54, 1.807) is 12.1 Å². The molecule has 0 atom stereocenters. The molecule has 0 bridgehead atoms. The number of anilines is 2. The van der Waals surface area contributed by atoms with E-state index in [1.807, 2.05) is 0 Å². The lowest BCUT2D eigenvalue weighted by Crippen LogP contribution is -2.21. The van der Waals surface area contributed by atoms with E-state index in [0.717, 1.165) is 18.2 Å². The molecular formula is C18H16ClFN2O5. The van der Waals surface area contributed by atoms with Gasteiger partial charge in [0, 0.05) is 12.6 Å². The fourth-order valence-corrected chi connectivity index (χ4v) is 2.38. The summed E-state index contributed by atoms with van der Waals surface area (Å²) in [6.45, 7) is 0.753. The molecule has 0 saturated carbocycles. The van der Waals surface area contributed by atoms with E-state index in [2.05, 4.69) is 10.6 Å². The fraction of sp³-hybridized carbons (Fsp3) is 0.167. The van der Waals surface area contributed by atoms with Gasteiger partial charge in [-0.05, 0) is 36.4 Å². The first-order valence-electron chi connectivity index (χ1n) is 7.68. The average Bonchev–Trinajstić information content (AvgIpc) is 2.59. The summed E-state index contributed by atoms with van der Waals surface area (Å²) >= 11 is 5.78. The molecule has 2 amide bonds. The van der Waals surface area contributed by atoms with E-state index < -0.39 is 24.3 Å². The van der Waals surface area contributed by atoms with Crippen LogP contribution >= 0.6 is 11.6 Å². The van der Waals surface area contributed by atoms with Gasteiger partial charge in [-0.15, -0.1) is 0 Å². The maximum absolute atomic E-state index is 13.0. The van der Waals surface area contributed by atoms with Crippen LogP contribution in [-0.2, 0) is 14.3 Å². The summed E-state index contributed by atoms with van der Waals surface area (Å²) in [5.41, 5.74) is 0.675. The van der Waals surface area contributed by atoms with Crippen LogP contribution in [0.15, 0.2) is 36.4 Å². The zero-order chi connectivity index (χ0) is 20.0. The van der Waals surface area contributed by atoms with Gasteiger partial charge >= 0.3 is 5.97 Å². The van der Waals surface area contributed by atoms with E-state index >= 15 is 0 Å². The first-order chi connectivity index (χ1) is 12.8. The molecule has 0 unspecified atom stereocenters. The smallest absolute Gasteiger partial charge is 0.340 e. The minimum absolute atomic E-state index is 0.0592. The Hall–Kier alpha value is -3.13. The van der Waals surface area contributed by atoms with Crippen molar-refractivity contribution in [1.82, 2.24) is 0 Å². The third-order valence-electron chi connectivity index (χ3n) is 3.28. The quantitative estimate of drug-likeness (QED) is 0.733. The van der Waals surface area contributed by atoms with Crippen LogP contribution in [-0.4, -0.2) is 31.5 Å². The molecule has 0 heterocycles. The van der Waals surface area contributed by atoms with Crippen molar-refractivity contribution < 1.29 is 28.2 Å². The van der Waals surface area contributed by atoms with Crippen molar-refractivity contribution in [1.29, 1.82) is 0 Å². The number of carbonyl (C=O) groups excluding carboxylic acids is 3. The summed E-state index contributed by atoms with van der Waals surface area (Å²) in [4.78, 5) is 35.2. The zero-order valence-electron chi connectivity index (χ0n) is 14.5. The molecule has 0 aromatic heterocycles. The van der Waals surface area contributed by atoms with E-state index in [4.69, 9.17) is 21.1 Å². The molecular weight excluding hydrogens is 379 g/mol. The van der Waals surface area contributed by atoms with Gasteiger partial charge in [0.15, 0.2) is 6.61 Å². The van der Waals surface area contributed by atoms with Gasteiger partial charge in [0.05, 0.1) is 23.4 Å². The first kappa shape index (κ1) is 20.2. The lowest BCUT2D eigenvalue weighted by Gasteiger charge is -2.12. The summed E-state index contributed by atoms with van der Waals surface area (Å²) in [5.74, 6) is -2.03. The van der Waals surface area contributed by atoms with Gasteiger partial charge in [-0.1, -0.05) is 11.6 Å². The number of esters is 1. The number of amides is 2. The van der Waals surface area contributed by atoms with Crippen LogP contribution in [0.4, 0.5) is 15.8 Å². The molecule has 0 aliphatic carbocycles. The molecule has 0 aliphatic rings. The highest BCUT2D eigenvalue weighted by Crippen LogP contribution is 2.28. The molecule has 27 heavy (non-hydrogen) atoms. The molecule has 142 valence electrons. The number of methoxy groups -OCH3 is 1. The van der Waals surface area contributed by atoms with Gasteiger partial charge < -0.3 is 20.1 Å². The molecule has 2 N–H and O–H groups in total. The van der Waals surface area contributed by atoms with E-state index in [0.29, 0.717) is 11.4 Å². The monoisotopic (exact) mass is 394 g/mol. The summed E-state index contributed by atoms with van der Waals surface area (Å²) in [5, 5.41) is 4.98. The lowest BCUT2D eigenvalue weighted by molar-refractivity contribution is -0.119. The number of nitrogens with one attached hydrogen (secondary N) is 2. The molecule has 0 saturated heterocycles. The van der Waals surface area contributed by atoms with Crippen LogP contribution < -0.4 is 15.4 Å². The molecule has 0 aliphatic heterocycles. The number of hydrogen-bond acceptors (Lipinski definition) is 5. The Morgan fingerprint density at radius 3 is 2.48 bits per heavy atom. The van der Waals surface area contributed by atoms with Gasteiger partial charge in [-0.25, -0.2) is 9.18 Å². The van der Waals surface area contributed by atoms with Gasteiger partial charge in [-0.3, -0.25) is 9.59 Å². The standard InChI is InChI=1S/C18H16ClFN2O5/c1-10(23)21-12-4-6-16(26-2)15(8-12)22-17(24)9-27-18(25)13-5-3-11(20)7-14(13)19/h3-8H,9H2,1-2H3,(H,21,23)(H,22,24). The molecule has 0 fully saturated rings. The van der Waals surface area contributed by atoms with Gasteiger partial charge in [0.2, 0.25) is 5.91 Å². The van der Waals surface area contributed by atoms with Crippen LogP contribution in [0.3, 0.4) is 0 Å². The molecule has 0 spiro atoms. The summed E-state index contributed by atoms with van der Waals surface area (Å²) in [6, 6.07) is 7.85. The maximum atomic E-state index is 13.0. The van der Waals surface area contributed by atoms with E-state index in [1.165, 1.54) is 20.1 Å². The fourth-order valence-electron chi connectivity index (χ4n) is 2.14. The highest BCUT2D eigenvalue weighted by molar-refractivity contribution is 6.33. The van der Waals surface area contributed by atoms with Crippen molar-refractivity contribution in [2.75, 3.05) is 24.4 Å². The Morgan fingerprint density at radius 1 is 1.11 bits per heavy atom. The third kappa shape index (κ3) is 5.68. The van der Waals surface area contributed by atoms with Crippen molar-refractivity contribution in [2.45, 2.75) is 6.92 Å². The predicted octanol–water partition coefficient (Wildman–Crippen LogP) is 3.24. The van der Waals surface area contributed by atoms with Crippen molar-refractivity contribution in [2.24, 2.45) is 0 Å². The number of ether oxygens (including phenoxy) is 2. The Kier molecular flexibility index (Phi) is 6.73. The number of hydrogen-bond donors (Lipinski definition) is 2. The van der Waals surface area contributed by atoms with Crippen molar-refractivity contribution in [3.05, 3.63) is 52.8 Å². The van der Waals surface area contributed by atoms with Crippen LogP contribution in [0.1, 0.15) is 17.3 Å². The van der Waals surface area contributed by atoms with Crippen LogP contribution in [0, 0.1) is 5.82 Å². The third-order valence-corrected chi connectivity index (χ3v) is 3.59. The molecule has 2 rings (SSSR count). The summed E-state index contributed by atoms with van der Waals surface area (Å²) in [6.07, 6.45) is 0. The molecule has 2 aromatic carbocycles. The van der Waals surface area contributed by atoms with Crippen molar-refractivity contribution in [3.63, 3.8) is 0 Å². The second-order valence-corrected chi connectivity index (χ2v) is 5.75. The van der Waals surface area contributed by atoms with Gasteiger partial charge in [0.1, 0.15) is 11.6 Å². The molecule has 7 nitrogen and oxygen atoms in total. The second-order valence-electron chi connectivity index (χ2n) is 5.34. The normalized spacial score (nSPS) is 10.1. The minimum Gasteiger partial charge on any atom is -0.495 e. The van der Waals surface area contributed by atoms with Crippen LogP contribution in [0.2, 0.25) is 5.02 Å². The number of rotatable bonds is 6. The van der Waals surface area contributed by atoms with E-state index in [-0.39, 0.29) is 22.2 Å². The minimum atomic E-state index is -0.867. The topological polar surface area (TPSA) is 93.7 Å². The molecule has 0 radical (unpaired) electrons. The average molecular weight is 395 g/mol. The second kappa shape index (κ2) is 9.00. The lowest BCUT2D eigenvalue weighted by atomic mass is 10.2. The highest BCUT2D eigenvalue weighted by atomic mass is 35.5. The first-order valence-corrected chi connectivity index (χ1v) is 8.05. The SMILES string of the molecule is COc1ccc(NC(C)=O)cc1NC(=O)COC(=O)c1ccc(F)cc1Cl. The van der Waals surface area contributed by atoms with Gasteiger partial charge in [0.25, 0.3) is 5.91 Å². The highest BCUT2D eigenvalue weighted by Gasteiger charge is 2.15. The van der Waals surface area contributed by atoms with Gasteiger partial charge in [-0.2, -0.15) is 0 Å². The van der Waals surface area contributed by atoms with Crippen molar-refractivity contribution in [3.8, 4) is 5.75 Å². The molecule has 9 heteroatoms. The Bertz CT molecular complexity index is 888. The van der Waals surface area contributed by atoms with E-state index in [9.17, 15) is 18.8 Å². The van der Waals surface area contributed by atoms with Crippen LogP contribution in [0.5, 0.6) is 5.75 Å². The van der Waals surface area contributed by atoms with Crippen LogP contribution in [0.25, 0.3) is 0 Å². The zero-order valence-corrected chi connectivity index (χ0v) is 15.2. The number of halogens is 2. The summed E-state index contributed by atoms with van der Waals surface area (Å²) < 4.78 is 23.0. The maximum Gasteiger partial charge on any atom is 0.340 e. The Balaban J connectivity index is 2.02. The molecule has 2 aromatic rings. The summed E-state index contributed by atoms with van der Waals surface area (Å²) in [7, 11) is 1.42. The number of carbonyl (C=O) groups is 3. The number of benzene rings is 2. The predicted molar refractivity (Wildman–Crippen MR) is 97.6 cm³/mol. The van der Waals surface area contributed by atoms with Crippen molar-refractivity contribution >= 4 is 40.8 Å². The largest absolute Gasteiger partial charge is 0.495 e. The Morgan fingerprint density at radius 2 is 1.85 bits per heavy atom. The Labute approximate surface area is 159 Å².